The Morgan fingerprint density at radius 1 is 1.42 bits per heavy atom. The number of hydrogen-bond donors (Lipinski definition) is 1. The predicted molar refractivity (Wildman–Crippen MR) is 88.8 cm³/mol. The van der Waals surface area contributed by atoms with E-state index in [9.17, 15) is 9.59 Å². The summed E-state index contributed by atoms with van der Waals surface area (Å²) in [6.07, 6.45) is 1.88. The van der Waals surface area contributed by atoms with Gasteiger partial charge >= 0.3 is 6.09 Å². The number of aryl methyl sites for hydroxylation is 1. The van der Waals surface area contributed by atoms with E-state index in [1.54, 1.807) is 4.68 Å². The lowest BCUT2D eigenvalue weighted by Crippen LogP contribution is -2.48. The number of alkyl carbamates (subject to hydrolysis) is 1. The summed E-state index contributed by atoms with van der Waals surface area (Å²) in [6.45, 7) is 8.71. The number of likely N-dealkylation sites (tertiary alicyclic amines) is 1. The molecule has 132 valence electrons. The standard InChI is InChI=1S/C17H26N4O3/c1-4-21-14(10-13(19-21)9-12(2)3)15(22)20-7-5-17(6-8-20)11-18-16(23)24-17/h10,12H,4-9,11H2,1-3H3,(H,18,23). The van der Waals surface area contributed by atoms with Crippen LogP contribution in [0.4, 0.5) is 4.79 Å². The molecule has 0 bridgehead atoms. The molecule has 24 heavy (non-hydrogen) atoms. The monoisotopic (exact) mass is 334 g/mol. The van der Waals surface area contributed by atoms with Gasteiger partial charge in [-0.25, -0.2) is 4.79 Å². The third-order valence-corrected chi connectivity index (χ3v) is 4.79. The predicted octanol–water partition coefficient (Wildman–Crippen LogP) is 1.82. The molecule has 2 saturated heterocycles. The van der Waals surface area contributed by atoms with Gasteiger partial charge in [-0.3, -0.25) is 9.48 Å². The Morgan fingerprint density at radius 3 is 2.67 bits per heavy atom. The summed E-state index contributed by atoms with van der Waals surface area (Å²) in [5.41, 5.74) is 1.20. The van der Waals surface area contributed by atoms with E-state index in [4.69, 9.17) is 4.74 Å². The van der Waals surface area contributed by atoms with Crippen LogP contribution in [0.3, 0.4) is 0 Å². The first-order valence-electron chi connectivity index (χ1n) is 8.75. The minimum absolute atomic E-state index is 0.0199. The summed E-state index contributed by atoms with van der Waals surface area (Å²) in [5, 5.41) is 7.27. The topological polar surface area (TPSA) is 76.5 Å². The minimum Gasteiger partial charge on any atom is -0.441 e. The van der Waals surface area contributed by atoms with Crippen LogP contribution in [-0.2, 0) is 17.7 Å². The number of nitrogens with zero attached hydrogens (tertiary/aromatic N) is 3. The second-order valence-electron chi connectivity index (χ2n) is 7.15. The second kappa shape index (κ2) is 6.45. The molecule has 1 N–H and O–H groups in total. The number of rotatable bonds is 4. The molecule has 1 aromatic heterocycles. The number of aromatic nitrogens is 2. The smallest absolute Gasteiger partial charge is 0.407 e. The van der Waals surface area contributed by atoms with Gasteiger partial charge in [-0.15, -0.1) is 0 Å². The van der Waals surface area contributed by atoms with E-state index in [2.05, 4.69) is 24.3 Å². The van der Waals surface area contributed by atoms with Gasteiger partial charge in [0.05, 0.1) is 12.2 Å². The van der Waals surface area contributed by atoms with Crippen molar-refractivity contribution in [2.24, 2.45) is 5.92 Å². The van der Waals surface area contributed by atoms with E-state index in [0.29, 0.717) is 50.6 Å². The van der Waals surface area contributed by atoms with Crippen molar-refractivity contribution in [3.8, 4) is 0 Å². The van der Waals surface area contributed by atoms with E-state index in [0.717, 1.165) is 12.1 Å². The fourth-order valence-corrected chi connectivity index (χ4v) is 3.46. The van der Waals surface area contributed by atoms with Crippen LogP contribution in [0.25, 0.3) is 0 Å². The molecule has 3 rings (SSSR count). The van der Waals surface area contributed by atoms with Crippen LogP contribution in [0.15, 0.2) is 6.07 Å². The number of piperidine rings is 1. The first-order chi connectivity index (χ1) is 11.4. The molecule has 0 atom stereocenters. The van der Waals surface area contributed by atoms with Crippen LogP contribution >= 0.6 is 0 Å². The number of carbonyl (C=O) groups is 2. The fourth-order valence-electron chi connectivity index (χ4n) is 3.46. The summed E-state index contributed by atoms with van der Waals surface area (Å²) in [4.78, 5) is 26.0. The van der Waals surface area contributed by atoms with Gasteiger partial charge in [-0.05, 0) is 25.3 Å². The quantitative estimate of drug-likeness (QED) is 0.911. The lowest BCUT2D eigenvalue weighted by atomic mass is 9.91. The molecule has 7 heteroatoms. The van der Waals surface area contributed by atoms with Crippen molar-refractivity contribution in [2.75, 3.05) is 19.6 Å². The van der Waals surface area contributed by atoms with Crippen molar-refractivity contribution in [1.29, 1.82) is 0 Å². The zero-order valence-electron chi connectivity index (χ0n) is 14.7. The maximum Gasteiger partial charge on any atom is 0.407 e. The maximum atomic E-state index is 12.9. The van der Waals surface area contributed by atoms with Crippen molar-refractivity contribution in [1.82, 2.24) is 20.0 Å². The van der Waals surface area contributed by atoms with Crippen molar-refractivity contribution in [3.63, 3.8) is 0 Å². The highest BCUT2D eigenvalue weighted by Crippen LogP contribution is 2.30. The molecular formula is C17H26N4O3. The van der Waals surface area contributed by atoms with Crippen molar-refractivity contribution >= 4 is 12.0 Å². The van der Waals surface area contributed by atoms with Crippen molar-refractivity contribution in [2.45, 2.75) is 52.2 Å². The van der Waals surface area contributed by atoms with E-state index >= 15 is 0 Å². The molecule has 2 fully saturated rings. The Bertz CT molecular complexity index is 630. The number of nitrogens with one attached hydrogen (secondary N) is 1. The van der Waals surface area contributed by atoms with E-state index < -0.39 is 5.60 Å². The number of ether oxygens (including phenoxy) is 1. The highest BCUT2D eigenvalue weighted by molar-refractivity contribution is 5.92. The zero-order valence-corrected chi connectivity index (χ0v) is 14.7. The molecule has 2 aliphatic rings. The van der Waals surface area contributed by atoms with Crippen LogP contribution in [0, 0.1) is 5.92 Å². The second-order valence-corrected chi connectivity index (χ2v) is 7.15. The highest BCUT2D eigenvalue weighted by atomic mass is 16.6. The Kier molecular flexibility index (Phi) is 4.51. The van der Waals surface area contributed by atoms with Crippen molar-refractivity contribution in [3.05, 3.63) is 17.5 Å². The molecule has 0 saturated carbocycles. The van der Waals surface area contributed by atoms with Crippen LogP contribution in [0.1, 0.15) is 49.8 Å². The van der Waals surface area contributed by atoms with E-state index in [1.165, 1.54) is 0 Å². The average molecular weight is 334 g/mol. The maximum absolute atomic E-state index is 12.9. The first kappa shape index (κ1) is 16.8. The van der Waals surface area contributed by atoms with Crippen LogP contribution in [0.5, 0.6) is 0 Å². The normalized spacial score (nSPS) is 19.7. The summed E-state index contributed by atoms with van der Waals surface area (Å²) < 4.78 is 7.20. The molecule has 2 amide bonds. The Labute approximate surface area is 142 Å². The van der Waals surface area contributed by atoms with Gasteiger partial charge in [-0.2, -0.15) is 5.10 Å². The molecule has 7 nitrogen and oxygen atoms in total. The van der Waals surface area contributed by atoms with Gasteiger partial charge in [-0.1, -0.05) is 13.8 Å². The Hall–Kier alpha value is -2.05. The van der Waals surface area contributed by atoms with E-state index in [-0.39, 0.29) is 12.0 Å². The molecule has 0 aliphatic carbocycles. The minimum atomic E-state index is -0.429. The summed E-state index contributed by atoms with van der Waals surface area (Å²) in [6, 6.07) is 1.92. The Balaban J connectivity index is 1.69. The van der Waals surface area contributed by atoms with Gasteiger partial charge in [0.25, 0.3) is 5.91 Å². The van der Waals surface area contributed by atoms with E-state index in [1.807, 2.05) is 17.9 Å². The van der Waals surface area contributed by atoms with Crippen LogP contribution in [-0.4, -0.2) is 51.9 Å². The van der Waals surface area contributed by atoms with Gasteiger partial charge in [0.2, 0.25) is 0 Å². The zero-order chi connectivity index (χ0) is 17.3. The molecule has 0 unspecified atom stereocenters. The molecule has 0 aromatic carbocycles. The van der Waals surface area contributed by atoms with Crippen molar-refractivity contribution < 1.29 is 14.3 Å². The third-order valence-electron chi connectivity index (χ3n) is 4.79. The Morgan fingerprint density at radius 2 is 2.12 bits per heavy atom. The summed E-state index contributed by atoms with van der Waals surface area (Å²) in [7, 11) is 0. The van der Waals surface area contributed by atoms with Crippen LogP contribution in [0.2, 0.25) is 0 Å². The molecule has 0 radical (unpaired) electrons. The third kappa shape index (κ3) is 3.25. The molecule has 1 spiro atoms. The molecule has 2 aliphatic heterocycles. The first-order valence-corrected chi connectivity index (χ1v) is 8.75. The molecule has 3 heterocycles. The van der Waals surface area contributed by atoms with Gasteiger partial charge in [0.1, 0.15) is 11.3 Å². The molecular weight excluding hydrogens is 308 g/mol. The average Bonchev–Trinajstić information content (AvgIpc) is 3.11. The number of hydrogen-bond acceptors (Lipinski definition) is 4. The highest BCUT2D eigenvalue weighted by Gasteiger charge is 2.43. The van der Waals surface area contributed by atoms with Crippen LogP contribution < -0.4 is 5.32 Å². The van der Waals surface area contributed by atoms with Gasteiger partial charge in [0, 0.05) is 32.5 Å². The SMILES string of the molecule is CCn1nc(CC(C)C)cc1C(=O)N1CCC2(CC1)CNC(=O)O2. The lowest BCUT2D eigenvalue weighted by molar-refractivity contribution is 0.00298. The number of carbonyl (C=O) groups excluding carboxylic acids is 2. The lowest BCUT2D eigenvalue weighted by Gasteiger charge is -2.37. The summed E-state index contributed by atoms with van der Waals surface area (Å²) in [5.74, 6) is 0.527. The fraction of sp³-hybridized carbons (Fsp3) is 0.706. The molecule has 1 aromatic rings. The van der Waals surface area contributed by atoms with Gasteiger partial charge in [0.15, 0.2) is 0 Å². The largest absolute Gasteiger partial charge is 0.441 e. The number of amides is 2. The van der Waals surface area contributed by atoms with Gasteiger partial charge < -0.3 is 15.0 Å². The summed E-state index contributed by atoms with van der Waals surface area (Å²) >= 11 is 0.